The summed E-state index contributed by atoms with van der Waals surface area (Å²) in [5.41, 5.74) is 0. The second kappa shape index (κ2) is 27.8. The van der Waals surface area contributed by atoms with Gasteiger partial charge in [-0.3, -0.25) is 0 Å². The molecule has 2 radical (unpaired) electrons. The molecule has 0 saturated carbocycles. The molecule has 0 fully saturated rings. The van der Waals surface area contributed by atoms with Crippen LogP contribution < -0.4 is 52.2 Å². The van der Waals surface area contributed by atoms with E-state index in [4.69, 9.17) is 49.0 Å². The van der Waals surface area contributed by atoms with Crippen LogP contribution in [0.25, 0.3) is 0 Å². The molecule has 342 valence electrons. The molecule has 67 heavy (non-hydrogen) atoms. The molecule has 8 aromatic rings. The Morgan fingerprint density at radius 2 is 0.433 bits per heavy atom. The van der Waals surface area contributed by atoms with E-state index in [-0.39, 0.29) is 21.1 Å². The van der Waals surface area contributed by atoms with E-state index in [1.165, 1.54) is 25.7 Å². The van der Waals surface area contributed by atoms with Crippen LogP contribution in [0.2, 0.25) is 8.87 Å². The largest absolute Gasteiger partial charge is 0.523 e. The molecule has 2 nitrogen and oxygen atoms in total. The summed E-state index contributed by atoms with van der Waals surface area (Å²) >= 11 is 25.9. The van der Waals surface area contributed by atoms with Gasteiger partial charge >= 0.3 is 69.5 Å². The van der Waals surface area contributed by atoms with E-state index in [2.05, 4.69) is 218 Å². The topological polar surface area (TPSA) is 24.1 Å². The molecule has 0 saturated heterocycles. The van der Waals surface area contributed by atoms with Crippen molar-refractivity contribution in [2.24, 2.45) is 0 Å². The summed E-state index contributed by atoms with van der Waals surface area (Å²) < 4.78 is 3.25. The van der Waals surface area contributed by atoms with Gasteiger partial charge in [0.05, 0.1) is 68.9 Å². The summed E-state index contributed by atoms with van der Waals surface area (Å²) in [7, 11) is 0. The minimum absolute atomic E-state index is 0.149. The molecule has 0 aromatic heterocycles. The molecule has 0 aliphatic heterocycles. The monoisotopic (exact) mass is 1130 g/mol. The van der Waals surface area contributed by atoms with Crippen molar-refractivity contribution < 1.29 is 0 Å². The smallest absolute Gasteiger partial charge is 0.0987 e. The van der Waals surface area contributed by atoms with Crippen molar-refractivity contribution >= 4 is 139 Å². The van der Waals surface area contributed by atoms with E-state index in [9.17, 15) is 0 Å². The van der Waals surface area contributed by atoms with E-state index in [1.54, 1.807) is 8.87 Å². The summed E-state index contributed by atoms with van der Waals surface area (Å²) in [4.78, 5) is 7.85. The Bertz CT molecular complexity index is 2060. The first-order chi connectivity index (χ1) is 32.7. The van der Waals surface area contributed by atoms with Crippen molar-refractivity contribution in [3.8, 4) is 0 Å². The Morgan fingerprint density at radius 1 is 0.284 bits per heavy atom. The predicted molar refractivity (Wildman–Crippen MR) is 317 cm³/mol. The van der Waals surface area contributed by atoms with Gasteiger partial charge in [-0.15, -0.1) is 0 Å². The fourth-order valence-corrected chi connectivity index (χ4v) is 32.5. The maximum absolute atomic E-state index is 6.44. The van der Waals surface area contributed by atoms with Gasteiger partial charge in [-0.25, -0.2) is 0 Å². The van der Waals surface area contributed by atoms with E-state index in [0.29, 0.717) is 0 Å². The van der Waals surface area contributed by atoms with Crippen molar-refractivity contribution in [1.82, 2.24) is 9.72 Å². The first-order valence-corrected chi connectivity index (χ1v) is 38.1. The van der Waals surface area contributed by atoms with Gasteiger partial charge in [0, 0.05) is 0 Å². The molecule has 0 atom stereocenters. The van der Waals surface area contributed by atoms with Crippen LogP contribution in [0.3, 0.4) is 0 Å². The van der Waals surface area contributed by atoms with Gasteiger partial charge in [0.2, 0.25) is 0 Å². The first kappa shape index (κ1) is 53.9. The van der Waals surface area contributed by atoms with Gasteiger partial charge in [-0.1, -0.05) is 155 Å². The van der Waals surface area contributed by atoms with Crippen LogP contribution in [-0.4, -0.2) is 21.1 Å². The Morgan fingerprint density at radius 3 is 0.567 bits per heavy atom. The van der Waals surface area contributed by atoms with E-state index in [1.807, 2.05) is 48.5 Å². The van der Waals surface area contributed by atoms with Crippen molar-refractivity contribution in [2.75, 3.05) is 0 Å². The maximum Gasteiger partial charge on any atom is 0.0987 e. The van der Waals surface area contributed by atoms with Crippen molar-refractivity contribution in [1.29, 1.82) is 0 Å². The summed E-state index contributed by atoms with van der Waals surface area (Å²) in [5, 5.41) is 9.02. The van der Waals surface area contributed by atoms with E-state index >= 15 is 0 Å². The molecule has 11 heteroatoms. The molecule has 0 spiro atoms. The van der Waals surface area contributed by atoms with Gasteiger partial charge in [0.25, 0.3) is 0 Å². The second-order valence-electron chi connectivity index (χ2n) is 15.8. The number of unbranched alkanes of at least 4 members (excludes halogenated alkanes) is 2. The predicted octanol–water partition coefficient (Wildman–Crippen LogP) is 12.5. The van der Waals surface area contributed by atoms with Crippen LogP contribution >= 0.6 is 26.5 Å². The van der Waals surface area contributed by atoms with Crippen molar-refractivity contribution in [2.45, 2.75) is 48.4 Å². The Balaban J connectivity index is 0.000000187. The Kier molecular flexibility index (Phi) is 22.4. The van der Waals surface area contributed by atoms with Crippen molar-refractivity contribution in [3.05, 3.63) is 243 Å². The Hall–Kier alpha value is -2.40. The SMILES string of the molecule is CCC[CH2][Sn][CH2]CCC.[S-][P+](N[P+]([S-])(c1ccccc1)c1ccccc1)(c1ccccc1)c1ccccc1.[S-][P+](N[P+]([S-])(c1ccccc1)c1ccccc1)(c1ccccc1)c1ccccc1. The number of hydrogen-bond donors (Lipinski definition) is 2. The van der Waals surface area contributed by atoms with Gasteiger partial charge in [-0.05, 0) is 97.1 Å². The van der Waals surface area contributed by atoms with Crippen LogP contribution in [-0.2, 0) is 49.0 Å². The molecular weight excluding hydrogens is 1070 g/mol. The summed E-state index contributed by atoms with van der Waals surface area (Å²) in [6.07, 6.45) is 5.84. The third-order valence-corrected chi connectivity index (χ3v) is 35.7. The quantitative estimate of drug-likeness (QED) is 0.0384. The minimum Gasteiger partial charge on any atom is -0.523 e. The fourth-order valence-electron chi connectivity index (χ4n) is 7.29. The van der Waals surface area contributed by atoms with Gasteiger partial charge < -0.3 is 49.0 Å². The van der Waals surface area contributed by atoms with Gasteiger partial charge in [0.15, 0.2) is 0 Å². The summed E-state index contributed by atoms with van der Waals surface area (Å²) in [6, 6.07) is 83.0. The van der Waals surface area contributed by atoms with Gasteiger partial charge in [-0.2, -0.15) is 0 Å². The zero-order valence-corrected chi connectivity index (χ0v) is 48.0. The van der Waals surface area contributed by atoms with Gasteiger partial charge in [0.1, 0.15) is 0 Å². The number of rotatable bonds is 18. The normalized spacial score (nSPS) is 11.7. The Labute approximate surface area is 435 Å². The molecular formula is C56H60N2P4S4Sn. The van der Waals surface area contributed by atoms with Crippen LogP contribution in [0.4, 0.5) is 0 Å². The van der Waals surface area contributed by atoms with Crippen LogP contribution in [0, 0.1) is 0 Å². The molecule has 0 aliphatic rings. The van der Waals surface area contributed by atoms with Crippen molar-refractivity contribution in [3.63, 3.8) is 0 Å². The second-order valence-corrected chi connectivity index (χ2v) is 37.2. The van der Waals surface area contributed by atoms with Crippen LogP contribution in [0.15, 0.2) is 243 Å². The number of hydrogen-bond acceptors (Lipinski definition) is 6. The average molecular weight is 1130 g/mol. The number of benzene rings is 8. The maximum atomic E-state index is 6.44. The minimum atomic E-state index is -2.35. The van der Waals surface area contributed by atoms with Crippen LogP contribution in [0.5, 0.6) is 0 Å². The molecule has 0 unspecified atom stereocenters. The fraction of sp³-hybridized carbons (Fsp3) is 0.143. The summed E-state index contributed by atoms with van der Waals surface area (Å²) in [6.45, 7) is -4.81. The zero-order chi connectivity index (χ0) is 47.3. The molecule has 0 amide bonds. The summed E-state index contributed by atoms with van der Waals surface area (Å²) in [5.74, 6) is 0. The molecule has 8 rings (SSSR count). The molecule has 0 aliphatic carbocycles. The zero-order valence-electron chi connectivity index (χ0n) is 38.3. The third-order valence-electron chi connectivity index (χ3n) is 10.9. The standard InChI is InChI=1S/2C24H21NP2S2.2C4H9.Sn/c2*28-26(21-13-5-1-6-14-21,22-15-7-2-8-16-22)25-27(29,23-17-9-3-10-18-23)24-19-11-4-12-20-24;2*1-3-4-2;/h2*1-20H,(H,25,28,29);2*1,3-4H2,2H3;. The molecule has 0 heterocycles. The van der Waals surface area contributed by atoms with E-state index in [0.717, 1.165) is 42.4 Å². The molecule has 0 bridgehead atoms. The first-order valence-electron chi connectivity index (χ1n) is 22.8. The molecule has 8 aromatic carbocycles. The number of nitrogens with one attached hydrogen (secondary N) is 2. The average Bonchev–Trinajstić information content (AvgIpc) is 3.41. The molecule has 2 N–H and O–H groups in total. The third kappa shape index (κ3) is 14.8. The van der Waals surface area contributed by atoms with Crippen LogP contribution in [0.1, 0.15) is 39.5 Å². The van der Waals surface area contributed by atoms with E-state index < -0.39 is 26.5 Å².